The molecule has 0 aromatic carbocycles. The number of aryl methyl sites for hydroxylation is 1. The van der Waals surface area contributed by atoms with Crippen LogP contribution in [0.3, 0.4) is 0 Å². The van der Waals surface area contributed by atoms with Crippen molar-refractivity contribution in [3.05, 3.63) is 41.2 Å². The van der Waals surface area contributed by atoms with Crippen molar-refractivity contribution in [3.63, 3.8) is 0 Å². The van der Waals surface area contributed by atoms with Gasteiger partial charge in [-0.1, -0.05) is 6.07 Å². The number of methoxy groups -OCH3 is 1. The van der Waals surface area contributed by atoms with Gasteiger partial charge in [0.1, 0.15) is 17.0 Å². The van der Waals surface area contributed by atoms with Gasteiger partial charge in [-0.05, 0) is 37.3 Å². The highest BCUT2D eigenvalue weighted by Crippen LogP contribution is 2.41. The quantitative estimate of drug-likeness (QED) is 0.730. The van der Waals surface area contributed by atoms with E-state index >= 15 is 0 Å². The molecule has 0 aliphatic heterocycles. The number of nitrogens with one attached hydrogen (secondary N) is 1. The Labute approximate surface area is 149 Å². The predicted molar refractivity (Wildman–Crippen MR) is 98.0 cm³/mol. The molecule has 1 atom stereocenters. The highest BCUT2D eigenvalue weighted by molar-refractivity contribution is 7.18. The lowest BCUT2D eigenvalue weighted by Gasteiger charge is -2.38. The average Bonchev–Trinajstić information content (AvgIpc) is 2.98. The smallest absolute Gasteiger partial charge is 0.212 e. The molecule has 0 bridgehead atoms. The highest BCUT2D eigenvalue weighted by atomic mass is 32.1. The molecule has 0 radical (unpaired) electrons. The summed E-state index contributed by atoms with van der Waals surface area (Å²) in [6.07, 6.45) is 4.77. The molecule has 7 heteroatoms. The first-order chi connectivity index (χ1) is 12.1. The fourth-order valence-electron chi connectivity index (χ4n) is 3.31. The number of aliphatic hydroxyl groups excluding tert-OH is 1. The molecule has 3 heterocycles. The number of hydrogen-bond donors (Lipinski definition) is 2. The zero-order valence-electron chi connectivity index (χ0n) is 14.1. The van der Waals surface area contributed by atoms with Crippen LogP contribution in [0, 0.1) is 12.8 Å². The third kappa shape index (κ3) is 3.17. The van der Waals surface area contributed by atoms with Crippen molar-refractivity contribution < 1.29 is 9.84 Å². The van der Waals surface area contributed by atoms with Gasteiger partial charge in [-0.3, -0.25) is 0 Å². The Morgan fingerprint density at radius 3 is 2.80 bits per heavy atom. The number of thiophene rings is 1. The summed E-state index contributed by atoms with van der Waals surface area (Å²) in [5, 5.41) is 14.4. The number of hydrogen-bond acceptors (Lipinski definition) is 7. The molecule has 4 rings (SSSR count). The minimum atomic E-state index is -0.214. The van der Waals surface area contributed by atoms with E-state index in [-0.39, 0.29) is 12.1 Å². The summed E-state index contributed by atoms with van der Waals surface area (Å²) in [5.74, 6) is 1.76. The van der Waals surface area contributed by atoms with Crippen molar-refractivity contribution in [2.75, 3.05) is 12.4 Å². The Balaban J connectivity index is 1.67. The monoisotopic (exact) mass is 356 g/mol. The minimum absolute atomic E-state index is 0.0418. The Kier molecular flexibility index (Phi) is 4.27. The first-order valence-corrected chi connectivity index (χ1v) is 9.11. The molecule has 2 N–H and O–H groups in total. The number of rotatable bonds is 5. The van der Waals surface area contributed by atoms with Gasteiger partial charge in [0.25, 0.3) is 0 Å². The Morgan fingerprint density at radius 2 is 2.12 bits per heavy atom. The molecule has 1 aliphatic rings. The van der Waals surface area contributed by atoms with Crippen LogP contribution >= 0.6 is 11.3 Å². The fraction of sp³-hybridized carbons (Fsp3) is 0.389. The van der Waals surface area contributed by atoms with Crippen LogP contribution in [0.1, 0.15) is 29.3 Å². The lowest BCUT2D eigenvalue weighted by molar-refractivity contribution is 0.0339. The zero-order chi connectivity index (χ0) is 17.4. The average molecular weight is 356 g/mol. The lowest BCUT2D eigenvalue weighted by Crippen LogP contribution is -2.36. The third-order valence-corrected chi connectivity index (χ3v) is 5.65. The van der Waals surface area contributed by atoms with Crippen molar-refractivity contribution in [2.45, 2.75) is 31.9 Å². The Morgan fingerprint density at radius 1 is 1.28 bits per heavy atom. The predicted octanol–water partition coefficient (Wildman–Crippen LogP) is 3.33. The molecule has 0 spiro atoms. The molecule has 3 aromatic heterocycles. The number of aromatic nitrogens is 3. The van der Waals surface area contributed by atoms with E-state index < -0.39 is 0 Å². The van der Waals surface area contributed by atoms with Crippen LogP contribution in [0.15, 0.2) is 30.7 Å². The number of ether oxygens (including phenoxy) is 1. The van der Waals surface area contributed by atoms with Crippen molar-refractivity contribution in [1.29, 1.82) is 0 Å². The molecular formula is C18H20N4O2S. The molecule has 1 fully saturated rings. The molecule has 0 unspecified atom stereocenters. The maximum absolute atomic E-state index is 9.75. The maximum Gasteiger partial charge on any atom is 0.212 e. The van der Waals surface area contributed by atoms with Crippen LogP contribution in [0.2, 0.25) is 0 Å². The summed E-state index contributed by atoms with van der Waals surface area (Å²) < 4.78 is 5.15. The van der Waals surface area contributed by atoms with Gasteiger partial charge in [-0.15, -0.1) is 11.3 Å². The second-order valence-electron chi connectivity index (χ2n) is 6.44. The van der Waals surface area contributed by atoms with E-state index in [1.165, 1.54) is 4.88 Å². The van der Waals surface area contributed by atoms with Crippen molar-refractivity contribution in [2.24, 2.45) is 5.92 Å². The first-order valence-electron chi connectivity index (χ1n) is 8.29. The van der Waals surface area contributed by atoms with E-state index in [9.17, 15) is 5.11 Å². The fourth-order valence-corrected chi connectivity index (χ4v) is 4.16. The normalized spacial score (nSPS) is 20.9. The number of nitrogens with zero attached hydrogens (tertiary/aromatic N) is 3. The van der Waals surface area contributed by atoms with Gasteiger partial charge >= 0.3 is 0 Å². The van der Waals surface area contributed by atoms with Crippen LogP contribution < -0.4 is 10.1 Å². The largest absolute Gasteiger partial charge is 0.481 e. The second-order valence-corrected chi connectivity index (χ2v) is 7.67. The summed E-state index contributed by atoms with van der Waals surface area (Å²) in [7, 11) is 1.61. The number of aliphatic hydroxyl groups is 1. The third-order valence-electron chi connectivity index (χ3n) is 4.69. The molecule has 3 aromatic rings. The van der Waals surface area contributed by atoms with E-state index in [0.29, 0.717) is 11.8 Å². The molecule has 6 nitrogen and oxygen atoms in total. The van der Waals surface area contributed by atoms with Gasteiger partial charge in [0, 0.05) is 17.1 Å². The molecule has 130 valence electrons. The Hall–Kier alpha value is -2.25. The van der Waals surface area contributed by atoms with Gasteiger partial charge in [-0.2, -0.15) is 0 Å². The zero-order valence-corrected chi connectivity index (χ0v) is 15.0. The van der Waals surface area contributed by atoms with Gasteiger partial charge in [0.2, 0.25) is 5.88 Å². The summed E-state index contributed by atoms with van der Waals surface area (Å²) in [6.45, 7) is 2.07. The minimum Gasteiger partial charge on any atom is -0.481 e. The summed E-state index contributed by atoms with van der Waals surface area (Å²) in [5.41, 5.74) is 1.07. The van der Waals surface area contributed by atoms with Crippen LogP contribution in [-0.4, -0.2) is 33.3 Å². The van der Waals surface area contributed by atoms with E-state index in [0.717, 1.165) is 34.4 Å². The topological polar surface area (TPSA) is 80.2 Å². The van der Waals surface area contributed by atoms with Gasteiger partial charge in [-0.25, -0.2) is 15.0 Å². The van der Waals surface area contributed by atoms with Crippen LogP contribution in [0.25, 0.3) is 10.2 Å². The van der Waals surface area contributed by atoms with Gasteiger partial charge < -0.3 is 15.2 Å². The van der Waals surface area contributed by atoms with E-state index in [1.54, 1.807) is 24.8 Å². The SMILES string of the molecule is COc1ccc([C@@H](Nc2ncnc3sc(C)cc23)C2CC(O)C2)cn1. The summed E-state index contributed by atoms with van der Waals surface area (Å²) in [6, 6.07) is 6.04. The summed E-state index contributed by atoms with van der Waals surface area (Å²) in [4.78, 5) is 15.3. The standard InChI is InChI=1S/C18H20N4O2S/c1-10-5-14-17(20-9-21-18(14)25-10)22-16(12-6-13(23)7-12)11-3-4-15(24-2)19-8-11/h3-5,8-9,12-13,16,23H,6-7H2,1-2H3,(H,20,21,22)/t12?,13?,16-/m1/s1. The van der Waals surface area contributed by atoms with Crippen molar-refractivity contribution in [3.8, 4) is 5.88 Å². The van der Waals surface area contributed by atoms with Gasteiger partial charge in [0.15, 0.2) is 0 Å². The summed E-state index contributed by atoms with van der Waals surface area (Å²) >= 11 is 1.66. The van der Waals surface area contributed by atoms with Crippen LogP contribution in [0.5, 0.6) is 5.88 Å². The number of anilines is 1. The molecule has 1 saturated carbocycles. The van der Waals surface area contributed by atoms with Crippen LogP contribution in [-0.2, 0) is 0 Å². The number of pyridine rings is 1. The van der Waals surface area contributed by atoms with E-state index in [1.807, 2.05) is 18.3 Å². The second kappa shape index (κ2) is 6.57. The van der Waals surface area contributed by atoms with E-state index in [2.05, 4.69) is 33.3 Å². The van der Waals surface area contributed by atoms with Gasteiger partial charge in [0.05, 0.1) is 24.6 Å². The Bertz CT molecular complexity index is 874. The highest BCUT2D eigenvalue weighted by Gasteiger charge is 2.35. The lowest BCUT2D eigenvalue weighted by atomic mass is 9.75. The van der Waals surface area contributed by atoms with Crippen molar-refractivity contribution >= 4 is 27.4 Å². The molecule has 0 saturated heterocycles. The molecule has 25 heavy (non-hydrogen) atoms. The first kappa shape index (κ1) is 16.2. The molecule has 0 amide bonds. The maximum atomic E-state index is 9.75. The van der Waals surface area contributed by atoms with Crippen molar-refractivity contribution in [1.82, 2.24) is 15.0 Å². The molecular weight excluding hydrogens is 336 g/mol. The van der Waals surface area contributed by atoms with Crippen LogP contribution in [0.4, 0.5) is 5.82 Å². The van der Waals surface area contributed by atoms with E-state index in [4.69, 9.17) is 4.74 Å². The molecule has 1 aliphatic carbocycles. The number of fused-ring (bicyclic) bond motifs is 1.